The summed E-state index contributed by atoms with van der Waals surface area (Å²) in [5, 5.41) is 3.93. The third kappa shape index (κ3) is 4.82. The summed E-state index contributed by atoms with van der Waals surface area (Å²) in [5.41, 5.74) is 7.31. The van der Waals surface area contributed by atoms with Crippen molar-refractivity contribution in [2.24, 2.45) is 0 Å². The number of hydrogen-bond donors (Lipinski definition) is 2. The number of ether oxygens (including phenoxy) is 3. The molecule has 4 heterocycles. The van der Waals surface area contributed by atoms with Crippen LogP contribution < -0.4 is 20.7 Å². The summed E-state index contributed by atoms with van der Waals surface area (Å²) >= 11 is 6.79. The van der Waals surface area contributed by atoms with Crippen molar-refractivity contribution < 1.29 is 19.0 Å². The standard InChI is InChI=1S/C24H31ClN6O4/c1-15-10-21(29-23(26)28-15)31-4-3-7-34-13-19(31)16-11-20-18(12-17(16)25)27-14-24(2,35-20)22(32)30-5-8-33-9-6-30/h10-12,19,27H,3-9,13-14H2,1-2H3,(H2,26,28,29)/t19-,24+/m1/s1. The van der Waals surface area contributed by atoms with Crippen molar-refractivity contribution in [2.75, 3.05) is 68.6 Å². The smallest absolute Gasteiger partial charge is 0.268 e. The summed E-state index contributed by atoms with van der Waals surface area (Å²) in [7, 11) is 0. The molecule has 11 heteroatoms. The van der Waals surface area contributed by atoms with E-state index in [-0.39, 0.29) is 17.9 Å². The summed E-state index contributed by atoms with van der Waals surface area (Å²) in [6.07, 6.45) is 0.839. The Kier molecular flexibility index (Phi) is 6.61. The lowest BCUT2D eigenvalue weighted by molar-refractivity contribution is -0.150. The third-order valence-corrected chi connectivity index (χ3v) is 6.98. The van der Waals surface area contributed by atoms with E-state index >= 15 is 0 Å². The number of aryl methyl sites for hydroxylation is 1. The van der Waals surface area contributed by atoms with Crippen LogP contribution in [0.1, 0.15) is 30.6 Å². The highest BCUT2D eigenvalue weighted by molar-refractivity contribution is 6.31. The molecule has 3 aliphatic heterocycles. The zero-order valence-corrected chi connectivity index (χ0v) is 20.8. The van der Waals surface area contributed by atoms with Crippen molar-refractivity contribution in [2.45, 2.75) is 31.9 Å². The van der Waals surface area contributed by atoms with E-state index in [2.05, 4.69) is 20.2 Å². The largest absolute Gasteiger partial charge is 0.474 e. The van der Waals surface area contributed by atoms with E-state index in [1.165, 1.54) is 0 Å². The molecule has 0 bridgehead atoms. The van der Waals surface area contributed by atoms with Crippen LogP contribution in [0.4, 0.5) is 17.5 Å². The molecule has 0 unspecified atom stereocenters. The van der Waals surface area contributed by atoms with Crippen LogP contribution in [0.2, 0.25) is 5.02 Å². The molecular weight excluding hydrogens is 472 g/mol. The van der Waals surface area contributed by atoms with Crippen LogP contribution in [0.25, 0.3) is 0 Å². The van der Waals surface area contributed by atoms with Crippen LogP contribution in [0.15, 0.2) is 18.2 Å². The highest BCUT2D eigenvalue weighted by atomic mass is 35.5. The number of morpholine rings is 1. The Bertz CT molecular complexity index is 1090. The van der Waals surface area contributed by atoms with E-state index in [0.29, 0.717) is 56.8 Å². The average Bonchev–Trinajstić information content (AvgIpc) is 3.09. The molecule has 35 heavy (non-hydrogen) atoms. The molecule has 1 amide bonds. The van der Waals surface area contributed by atoms with E-state index in [1.807, 2.05) is 32.0 Å². The molecule has 2 aromatic rings. The van der Waals surface area contributed by atoms with Gasteiger partial charge in [-0.15, -0.1) is 0 Å². The Morgan fingerprint density at radius 2 is 1.97 bits per heavy atom. The van der Waals surface area contributed by atoms with Gasteiger partial charge in [-0.05, 0) is 38.0 Å². The van der Waals surface area contributed by atoms with Crippen molar-refractivity contribution in [3.63, 3.8) is 0 Å². The van der Waals surface area contributed by atoms with Crippen LogP contribution in [-0.4, -0.2) is 79.0 Å². The number of carbonyl (C=O) groups is 1. The molecule has 1 aromatic carbocycles. The second-order valence-electron chi connectivity index (χ2n) is 9.32. The predicted octanol–water partition coefficient (Wildman–Crippen LogP) is 2.41. The molecule has 2 atom stereocenters. The lowest BCUT2D eigenvalue weighted by Gasteiger charge is -2.40. The van der Waals surface area contributed by atoms with Crippen molar-refractivity contribution in [1.82, 2.24) is 14.9 Å². The maximum absolute atomic E-state index is 13.3. The van der Waals surface area contributed by atoms with Gasteiger partial charge in [0.2, 0.25) is 11.5 Å². The third-order valence-electron chi connectivity index (χ3n) is 6.65. The molecule has 0 spiro atoms. The van der Waals surface area contributed by atoms with E-state index in [9.17, 15) is 4.79 Å². The number of fused-ring (bicyclic) bond motifs is 1. The molecule has 1 aromatic heterocycles. The zero-order valence-electron chi connectivity index (χ0n) is 20.1. The minimum atomic E-state index is -1.03. The molecule has 2 saturated heterocycles. The molecule has 2 fully saturated rings. The number of amides is 1. The number of hydrogen-bond acceptors (Lipinski definition) is 9. The first-order valence-electron chi connectivity index (χ1n) is 11.9. The van der Waals surface area contributed by atoms with Crippen molar-refractivity contribution in [3.8, 4) is 5.75 Å². The predicted molar refractivity (Wildman–Crippen MR) is 133 cm³/mol. The number of rotatable bonds is 3. The van der Waals surface area contributed by atoms with Gasteiger partial charge in [0, 0.05) is 43.0 Å². The Hall–Kier alpha value is -2.82. The van der Waals surface area contributed by atoms with Crippen LogP contribution >= 0.6 is 11.6 Å². The van der Waals surface area contributed by atoms with Gasteiger partial charge in [-0.2, -0.15) is 4.98 Å². The fourth-order valence-corrected chi connectivity index (χ4v) is 5.13. The van der Waals surface area contributed by atoms with Gasteiger partial charge in [-0.25, -0.2) is 4.98 Å². The first-order chi connectivity index (χ1) is 16.8. The van der Waals surface area contributed by atoms with Gasteiger partial charge < -0.3 is 35.1 Å². The van der Waals surface area contributed by atoms with Crippen LogP contribution in [0, 0.1) is 6.92 Å². The van der Waals surface area contributed by atoms with Gasteiger partial charge >= 0.3 is 0 Å². The van der Waals surface area contributed by atoms with Crippen LogP contribution in [-0.2, 0) is 14.3 Å². The van der Waals surface area contributed by atoms with E-state index in [1.54, 1.807) is 4.90 Å². The number of nitrogen functional groups attached to an aromatic ring is 1. The SMILES string of the molecule is Cc1cc(N2CCCOC[C@@H]2c2cc3c(cc2Cl)NC[C@@](C)(C(=O)N2CCOCC2)O3)nc(N)n1. The monoisotopic (exact) mass is 502 g/mol. The molecule has 3 N–H and O–H groups in total. The fourth-order valence-electron chi connectivity index (χ4n) is 4.84. The average molecular weight is 503 g/mol. The summed E-state index contributed by atoms with van der Waals surface area (Å²) in [4.78, 5) is 26.0. The number of nitrogens with one attached hydrogen (secondary N) is 1. The molecule has 5 rings (SSSR count). The Morgan fingerprint density at radius 3 is 2.74 bits per heavy atom. The van der Waals surface area contributed by atoms with E-state index in [0.717, 1.165) is 35.7 Å². The van der Waals surface area contributed by atoms with Gasteiger partial charge in [0.25, 0.3) is 5.91 Å². The Labute approximate surface area is 209 Å². The van der Waals surface area contributed by atoms with Gasteiger partial charge in [0.15, 0.2) is 0 Å². The highest BCUT2D eigenvalue weighted by Crippen LogP contribution is 2.42. The summed E-state index contributed by atoms with van der Waals surface area (Å²) in [6, 6.07) is 5.47. The molecule has 0 radical (unpaired) electrons. The molecule has 188 valence electrons. The van der Waals surface area contributed by atoms with Crippen LogP contribution in [0.5, 0.6) is 5.75 Å². The Balaban J connectivity index is 1.47. The number of nitrogens with two attached hydrogens (primary N) is 1. The molecule has 0 saturated carbocycles. The minimum absolute atomic E-state index is 0.0539. The first-order valence-corrected chi connectivity index (χ1v) is 12.3. The van der Waals surface area contributed by atoms with Gasteiger partial charge in [0.1, 0.15) is 11.6 Å². The molecule has 3 aliphatic rings. The van der Waals surface area contributed by atoms with E-state index in [4.69, 9.17) is 31.5 Å². The number of nitrogens with zero attached hydrogens (tertiary/aromatic N) is 4. The minimum Gasteiger partial charge on any atom is -0.474 e. The number of aromatic nitrogens is 2. The molecule has 0 aliphatic carbocycles. The maximum atomic E-state index is 13.3. The van der Waals surface area contributed by atoms with Crippen molar-refractivity contribution in [3.05, 3.63) is 34.5 Å². The van der Waals surface area contributed by atoms with Crippen LogP contribution in [0.3, 0.4) is 0 Å². The number of carbonyl (C=O) groups excluding carboxylic acids is 1. The van der Waals surface area contributed by atoms with Gasteiger partial charge in [-0.3, -0.25) is 4.79 Å². The lowest BCUT2D eigenvalue weighted by Crippen LogP contribution is -2.58. The van der Waals surface area contributed by atoms with Crippen molar-refractivity contribution >= 4 is 35.0 Å². The van der Waals surface area contributed by atoms with E-state index < -0.39 is 5.60 Å². The maximum Gasteiger partial charge on any atom is 0.268 e. The van der Waals surface area contributed by atoms with Crippen molar-refractivity contribution in [1.29, 1.82) is 0 Å². The second-order valence-corrected chi connectivity index (χ2v) is 9.73. The normalized spacial score (nSPS) is 24.7. The van der Waals surface area contributed by atoms with Gasteiger partial charge in [-0.1, -0.05) is 11.6 Å². The second kappa shape index (κ2) is 9.67. The number of benzene rings is 1. The fraction of sp³-hybridized carbons (Fsp3) is 0.542. The topological polar surface area (TPSA) is 115 Å². The first kappa shape index (κ1) is 23.9. The number of anilines is 3. The Morgan fingerprint density at radius 1 is 1.17 bits per heavy atom. The summed E-state index contributed by atoms with van der Waals surface area (Å²) in [6.45, 7) is 8.05. The summed E-state index contributed by atoms with van der Waals surface area (Å²) < 4.78 is 17.7. The molecular formula is C24H31ClN6O4. The highest BCUT2D eigenvalue weighted by Gasteiger charge is 2.43. The quantitative estimate of drug-likeness (QED) is 0.652. The summed E-state index contributed by atoms with van der Waals surface area (Å²) in [5.74, 6) is 1.49. The van der Waals surface area contributed by atoms with Gasteiger partial charge in [0.05, 0.1) is 38.1 Å². The zero-order chi connectivity index (χ0) is 24.6. The lowest BCUT2D eigenvalue weighted by atomic mass is 9.99. The molecule has 10 nitrogen and oxygen atoms in total. The number of halogens is 1.